The first-order valence-corrected chi connectivity index (χ1v) is 9.94. The number of piperazine rings is 1. The molecule has 3 rings (SSSR count). The molecule has 1 aliphatic heterocycles. The molecule has 2 heterocycles. The smallest absolute Gasteiger partial charge is 0.250 e. The van der Waals surface area contributed by atoms with E-state index in [1.165, 1.54) is 25.7 Å². The average molecular weight is 348 g/mol. The SMILES string of the molecule is CC1CCCCC1OCCN1CCN(CCn2ccccc2=O)CC1. The quantitative estimate of drug-likeness (QED) is 0.757. The van der Waals surface area contributed by atoms with Crippen LogP contribution in [-0.4, -0.2) is 66.3 Å². The Morgan fingerprint density at radius 1 is 1.00 bits per heavy atom. The molecule has 140 valence electrons. The van der Waals surface area contributed by atoms with Crippen LogP contribution in [-0.2, 0) is 11.3 Å². The van der Waals surface area contributed by atoms with Crippen molar-refractivity contribution in [2.75, 3.05) is 45.9 Å². The van der Waals surface area contributed by atoms with Crippen LogP contribution in [0.4, 0.5) is 0 Å². The summed E-state index contributed by atoms with van der Waals surface area (Å²) in [6, 6.07) is 5.35. The number of nitrogens with zero attached hydrogens (tertiary/aromatic N) is 3. The van der Waals surface area contributed by atoms with E-state index >= 15 is 0 Å². The van der Waals surface area contributed by atoms with Gasteiger partial charge in [0, 0.05) is 58.1 Å². The van der Waals surface area contributed by atoms with Gasteiger partial charge in [0.15, 0.2) is 0 Å². The molecule has 2 unspecified atom stereocenters. The molecule has 0 N–H and O–H groups in total. The van der Waals surface area contributed by atoms with Crippen LogP contribution in [0.15, 0.2) is 29.2 Å². The molecule has 25 heavy (non-hydrogen) atoms. The van der Waals surface area contributed by atoms with Crippen molar-refractivity contribution in [3.05, 3.63) is 34.7 Å². The molecule has 1 aromatic heterocycles. The lowest BCUT2D eigenvalue weighted by Crippen LogP contribution is -2.48. The van der Waals surface area contributed by atoms with E-state index < -0.39 is 0 Å². The summed E-state index contributed by atoms with van der Waals surface area (Å²) in [6.45, 7) is 10.4. The molecule has 1 saturated heterocycles. The Kier molecular flexibility index (Phi) is 7.08. The zero-order chi connectivity index (χ0) is 17.5. The molecular weight excluding hydrogens is 314 g/mol. The third-order valence-electron chi connectivity index (χ3n) is 5.79. The maximum absolute atomic E-state index is 11.7. The summed E-state index contributed by atoms with van der Waals surface area (Å²) in [5.74, 6) is 0.729. The van der Waals surface area contributed by atoms with E-state index in [9.17, 15) is 4.79 Å². The second-order valence-corrected chi connectivity index (χ2v) is 7.59. The highest BCUT2D eigenvalue weighted by Crippen LogP contribution is 2.26. The molecule has 2 atom stereocenters. The van der Waals surface area contributed by atoms with Crippen molar-refractivity contribution in [1.29, 1.82) is 0 Å². The van der Waals surface area contributed by atoms with Crippen LogP contribution in [0.3, 0.4) is 0 Å². The summed E-state index contributed by atoms with van der Waals surface area (Å²) in [5.41, 5.74) is 0.0928. The highest BCUT2D eigenvalue weighted by molar-refractivity contribution is 4.93. The second kappa shape index (κ2) is 9.51. The number of hydrogen-bond acceptors (Lipinski definition) is 4. The van der Waals surface area contributed by atoms with Crippen molar-refractivity contribution in [3.63, 3.8) is 0 Å². The van der Waals surface area contributed by atoms with Gasteiger partial charge in [-0.1, -0.05) is 25.8 Å². The molecule has 2 aliphatic rings. The van der Waals surface area contributed by atoms with Gasteiger partial charge in [-0.2, -0.15) is 0 Å². The lowest BCUT2D eigenvalue weighted by molar-refractivity contribution is -0.0180. The van der Waals surface area contributed by atoms with Crippen LogP contribution in [0.5, 0.6) is 0 Å². The van der Waals surface area contributed by atoms with Crippen molar-refractivity contribution >= 4 is 0 Å². The minimum Gasteiger partial charge on any atom is -0.377 e. The van der Waals surface area contributed by atoms with Gasteiger partial charge >= 0.3 is 0 Å². The molecular formula is C20H33N3O2. The largest absolute Gasteiger partial charge is 0.377 e. The topological polar surface area (TPSA) is 37.7 Å². The van der Waals surface area contributed by atoms with Crippen molar-refractivity contribution in [2.45, 2.75) is 45.3 Å². The monoisotopic (exact) mass is 347 g/mol. The molecule has 0 bridgehead atoms. The van der Waals surface area contributed by atoms with Gasteiger partial charge in [-0.25, -0.2) is 0 Å². The van der Waals surface area contributed by atoms with Crippen LogP contribution < -0.4 is 5.56 Å². The molecule has 2 fully saturated rings. The van der Waals surface area contributed by atoms with E-state index in [2.05, 4.69) is 16.7 Å². The van der Waals surface area contributed by atoms with Crippen molar-refractivity contribution < 1.29 is 4.74 Å². The van der Waals surface area contributed by atoms with Crippen molar-refractivity contribution in [3.8, 4) is 0 Å². The maximum Gasteiger partial charge on any atom is 0.250 e. The van der Waals surface area contributed by atoms with Crippen LogP contribution >= 0.6 is 0 Å². The van der Waals surface area contributed by atoms with E-state index in [1.54, 1.807) is 16.7 Å². The van der Waals surface area contributed by atoms with Gasteiger partial charge in [-0.3, -0.25) is 14.6 Å². The minimum atomic E-state index is 0.0928. The zero-order valence-electron chi connectivity index (χ0n) is 15.6. The van der Waals surface area contributed by atoms with Crippen LogP contribution in [0.2, 0.25) is 0 Å². The van der Waals surface area contributed by atoms with Gasteiger partial charge in [0.2, 0.25) is 0 Å². The third-order valence-corrected chi connectivity index (χ3v) is 5.79. The fourth-order valence-electron chi connectivity index (χ4n) is 3.99. The lowest BCUT2D eigenvalue weighted by Gasteiger charge is -2.35. The van der Waals surface area contributed by atoms with E-state index in [4.69, 9.17) is 4.74 Å². The Morgan fingerprint density at radius 2 is 1.72 bits per heavy atom. The van der Waals surface area contributed by atoms with Gasteiger partial charge in [0.1, 0.15) is 0 Å². The van der Waals surface area contributed by atoms with Gasteiger partial charge in [-0.05, 0) is 24.8 Å². The second-order valence-electron chi connectivity index (χ2n) is 7.59. The Bertz CT molecular complexity index is 566. The zero-order valence-corrected chi connectivity index (χ0v) is 15.6. The number of pyridine rings is 1. The molecule has 0 aromatic carbocycles. The van der Waals surface area contributed by atoms with Crippen LogP contribution in [0.1, 0.15) is 32.6 Å². The van der Waals surface area contributed by atoms with Crippen molar-refractivity contribution in [2.24, 2.45) is 5.92 Å². The third kappa shape index (κ3) is 5.66. The molecule has 0 radical (unpaired) electrons. The first-order chi connectivity index (χ1) is 12.2. The number of aromatic nitrogens is 1. The Labute approximate surface area is 151 Å². The Hall–Kier alpha value is -1.17. The number of hydrogen-bond donors (Lipinski definition) is 0. The predicted molar refractivity (Wildman–Crippen MR) is 101 cm³/mol. The summed E-state index contributed by atoms with van der Waals surface area (Å²) < 4.78 is 7.95. The Morgan fingerprint density at radius 3 is 2.44 bits per heavy atom. The Balaban J connectivity index is 1.31. The number of rotatable bonds is 7. The van der Waals surface area contributed by atoms with Gasteiger partial charge in [0.25, 0.3) is 5.56 Å². The van der Waals surface area contributed by atoms with Crippen molar-refractivity contribution in [1.82, 2.24) is 14.4 Å². The number of ether oxygens (including phenoxy) is 1. The molecule has 0 amide bonds. The van der Waals surface area contributed by atoms with Gasteiger partial charge in [-0.15, -0.1) is 0 Å². The van der Waals surface area contributed by atoms with E-state index in [1.807, 2.05) is 12.3 Å². The normalized spacial score (nSPS) is 26.0. The fourth-order valence-corrected chi connectivity index (χ4v) is 3.99. The summed E-state index contributed by atoms with van der Waals surface area (Å²) in [4.78, 5) is 16.7. The fraction of sp³-hybridized carbons (Fsp3) is 0.750. The van der Waals surface area contributed by atoms with E-state index in [0.29, 0.717) is 6.10 Å². The molecule has 0 spiro atoms. The standard InChI is InChI=1S/C20H33N3O2/c1-18-6-2-3-7-19(18)25-17-16-22-12-10-21(11-13-22)14-15-23-9-5-4-8-20(23)24/h4-5,8-9,18-19H,2-3,6-7,10-17H2,1H3. The van der Waals surface area contributed by atoms with Crippen LogP contribution in [0, 0.1) is 5.92 Å². The predicted octanol–water partition coefficient (Wildman–Crippen LogP) is 2.06. The van der Waals surface area contributed by atoms with Gasteiger partial charge in [0.05, 0.1) is 12.7 Å². The molecule has 1 aliphatic carbocycles. The van der Waals surface area contributed by atoms with Crippen LogP contribution in [0.25, 0.3) is 0 Å². The first kappa shape index (κ1) is 18.6. The summed E-state index contributed by atoms with van der Waals surface area (Å²) >= 11 is 0. The maximum atomic E-state index is 11.7. The molecule has 1 saturated carbocycles. The highest BCUT2D eigenvalue weighted by atomic mass is 16.5. The molecule has 5 heteroatoms. The van der Waals surface area contributed by atoms with E-state index in [-0.39, 0.29) is 5.56 Å². The first-order valence-electron chi connectivity index (χ1n) is 9.94. The molecule has 1 aromatic rings. The highest BCUT2D eigenvalue weighted by Gasteiger charge is 2.22. The summed E-state index contributed by atoms with van der Waals surface area (Å²) in [5, 5.41) is 0. The lowest BCUT2D eigenvalue weighted by atomic mass is 9.88. The summed E-state index contributed by atoms with van der Waals surface area (Å²) in [6.07, 6.45) is 7.64. The minimum absolute atomic E-state index is 0.0928. The van der Waals surface area contributed by atoms with E-state index in [0.717, 1.165) is 58.3 Å². The summed E-state index contributed by atoms with van der Waals surface area (Å²) in [7, 11) is 0. The molecule has 5 nitrogen and oxygen atoms in total. The van der Waals surface area contributed by atoms with Gasteiger partial charge < -0.3 is 9.30 Å². The average Bonchev–Trinajstić information content (AvgIpc) is 2.64.